The van der Waals surface area contributed by atoms with Crippen LogP contribution < -0.4 is 11.1 Å². The van der Waals surface area contributed by atoms with E-state index < -0.39 is 0 Å². The number of fused-ring (bicyclic) bond motifs is 3. The normalized spacial score (nSPS) is 19.4. The molecule has 1 fully saturated rings. The number of nitrogens with zero attached hydrogens (tertiary/aromatic N) is 3. The summed E-state index contributed by atoms with van der Waals surface area (Å²) in [5.41, 5.74) is 8.74. The lowest BCUT2D eigenvalue weighted by atomic mass is 10.2. The van der Waals surface area contributed by atoms with Gasteiger partial charge in [0.1, 0.15) is 5.52 Å². The van der Waals surface area contributed by atoms with Gasteiger partial charge in [-0.2, -0.15) is 0 Å². The van der Waals surface area contributed by atoms with E-state index in [1.54, 1.807) is 0 Å². The summed E-state index contributed by atoms with van der Waals surface area (Å²) in [7, 11) is 0. The van der Waals surface area contributed by atoms with Crippen LogP contribution in [-0.4, -0.2) is 27.0 Å². The highest BCUT2D eigenvalue weighted by molar-refractivity contribution is 6.06. The monoisotopic (exact) mass is 337 g/mol. The van der Waals surface area contributed by atoms with Crippen LogP contribution in [0.15, 0.2) is 30.6 Å². The van der Waals surface area contributed by atoms with E-state index >= 15 is 0 Å². The minimum absolute atomic E-state index is 0.213. The quantitative estimate of drug-likeness (QED) is 0.677. The minimum Gasteiger partial charge on any atom is -0.382 e. The predicted octanol–water partition coefficient (Wildman–Crippen LogP) is 2.72. The van der Waals surface area contributed by atoms with Gasteiger partial charge in [-0.15, -0.1) is 0 Å². The van der Waals surface area contributed by atoms with Crippen molar-refractivity contribution in [2.24, 2.45) is 11.8 Å². The largest absolute Gasteiger partial charge is 0.382 e. The highest BCUT2D eigenvalue weighted by atomic mass is 16.2. The van der Waals surface area contributed by atoms with Crippen molar-refractivity contribution in [2.45, 2.75) is 32.7 Å². The van der Waals surface area contributed by atoms with Gasteiger partial charge in [-0.05, 0) is 31.2 Å². The van der Waals surface area contributed by atoms with Gasteiger partial charge in [0.25, 0.3) is 0 Å². The molecule has 25 heavy (non-hydrogen) atoms. The Balaban J connectivity index is 1.42. The first kappa shape index (κ1) is 15.9. The summed E-state index contributed by atoms with van der Waals surface area (Å²) < 4.78 is 2.14. The Bertz CT molecular complexity index is 932. The Morgan fingerprint density at radius 1 is 1.36 bits per heavy atom. The number of amides is 1. The Kier molecular flexibility index (Phi) is 4.03. The van der Waals surface area contributed by atoms with Crippen molar-refractivity contribution < 1.29 is 4.79 Å². The van der Waals surface area contributed by atoms with E-state index in [9.17, 15) is 4.79 Å². The highest BCUT2D eigenvalue weighted by Gasteiger charge is 2.38. The van der Waals surface area contributed by atoms with Crippen LogP contribution in [0.5, 0.6) is 0 Å². The van der Waals surface area contributed by atoms with Gasteiger partial charge in [-0.1, -0.05) is 25.1 Å². The van der Waals surface area contributed by atoms with Crippen LogP contribution in [0.3, 0.4) is 0 Å². The number of pyridine rings is 1. The molecule has 1 amide bonds. The maximum absolute atomic E-state index is 11.8. The van der Waals surface area contributed by atoms with E-state index in [0.717, 1.165) is 54.3 Å². The maximum Gasteiger partial charge on any atom is 0.223 e. The van der Waals surface area contributed by atoms with E-state index in [-0.39, 0.29) is 11.8 Å². The fourth-order valence-electron chi connectivity index (χ4n) is 3.41. The zero-order chi connectivity index (χ0) is 17.4. The number of rotatable bonds is 6. The Labute approximate surface area is 146 Å². The molecule has 2 heterocycles. The van der Waals surface area contributed by atoms with Gasteiger partial charge < -0.3 is 15.6 Å². The molecule has 3 aromatic rings. The number of aryl methyl sites for hydroxylation is 1. The molecule has 6 nitrogen and oxygen atoms in total. The molecule has 0 spiro atoms. The number of nitrogens with two attached hydrogens (primary N) is 1. The summed E-state index contributed by atoms with van der Waals surface area (Å²) in [6.07, 6.45) is 4.79. The van der Waals surface area contributed by atoms with Gasteiger partial charge in [-0.25, -0.2) is 9.97 Å². The third kappa shape index (κ3) is 3.04. The van der Waals surface area contributed by atoms with Crippen LogP contribution >= 0.6 is 0 Å². The number of anilines is 1. The van der Waals surface area contributed by atoms with Crippen molar-refractivity contribution in [3.63, 3.8) is 0 Å². The molecule has 1 aliphatic carbocycles. The molecule has 0 radical (unpaired) electrons. The summed E-state index contributed by atoms with van der Waals surface area (Å²) >= 11 is 0. The molecular weight excluding hydrogens is 314 g/mol. The van der Waals surface area contributed by atoms with Crippen molar-refractivity contribution >= 4 is 33.7 Å². The van der Waals surface area contributed by atoms with E-state index in [1.165, 1.54) is 0 Å². The van der Waals surface area contributed by atoms with Gasteiger partial charge in [0.05, 0.1) is 17.4 Å². The van der Waals surface area contributed by atoms with Crippen molar-refractivity contribution in [1.82, 2.24) is 19.9 Å². The number of carbonyl (C=O) groups excluding carboxylic acids is 1. The number of carbonyl (C=O) groups is 1. The Morgan fingerprint density at radius 2 is 2.16 bits per heavy atom. The number of hydrogen-bond donors (Lipinski definition) is 2. The topological polar surface area (TPSA) is 85.8 Å². The number of benzene rings is 1. The zero-order valence-corrected chi connectivity index (χ0v) is 14.4. The predicted molar refractivity (Wildman–Crippen MR) is 99.0 cm³/mol. The number of nitrogens with one attached hydrogen (secondary N) is 1. The number of aromatic nitrogens is 3. The van der Waals surface area contributed by atoms with Crippen LogP contribution in [-0.2, 0) is 11.3 Å². The summed E-state index contributed by atoms with van der Waals surface area (Å²) in [6.45, 7) is 3.71. The SMILES string of the molecule is C[C@H]1C[C@@H]1C(=O)NCCCCn1cnc2c(N)nc3ccccc3c21. The van der Waals surface area contributed by atoms with E-state index in [4.69, 9.17) is 5.73 Å². The lowest BCUT2D eigenvalue weighted by Crippen LogP contribution is -2.26. The maximum atomic E-state index is 11.8. The molecule has 2 aromatic heterocycles. The van der Waals surface area contributed by atoms with Crippen LogP contribution in [0.25, 0.3) is 21.9 Å². The highest BCUT2D eigenvalue weighted by Crippen LogP contribution is 2.37. The minimum atomic E-state index is 0.213. The molecule has 3 N–H and O–H groups in total. The number of imidazole rings is 1. The fraction of sp³-hybridized carbons (Fsp3) is 0.421. The second kappa shape index (κ2) is 6.35. The van der Waals surface area contributed by atoms with Crippen LogP contribution in [0.4, 0.5) is 5.82 Å². The molecule has 0 unspecified atom stereocenters. The van der Waals surface area contributed by atoms with Crippen molar-refractivity contribution in [2.75, 3.05) is 12.3 Å². The molecule has 0 aliphatic heterocycles. The van der Waals surface area contributed by atoms with Gasteiger partial charge in [0, 0.05) is 24.4 Å². The Hall–Kier alpha value is -2.63. The number of unbranched alkanes of at least 4 members (excludes halogenated alkanes) is 1. The number of hydrogen-bond acceptors (Lipinski definition) is 4. The van der Waals surface area contributed by atoms with E-state index in [1.807, 2.05) is 24.5 Å². The molecule has 4 rings (SSSR count). The summed E-state index contributed by atoms with van der Waals surface area (Å²) in [6, 6.07) is 7.99. The molecule has 0 bridgehead atoms. The number of para-hydroxylation sites is 1. The second-order valence-corrected chi connectivity index (χ2v) is 6.97. The lowest BCUT2D eigenvalue weighted by molar-refractivity contribution is -0.122. The summed E-state index contributed by atoms with van der Waals surface area (Å²) in [5.74, 6) is 1.49. The molecule has 6 heteroatoms. The van der Waals surface area contributed by atoms with E-state index in [0.29, 0.717) is 11.7 Å². The van der Waals surface area contributed by atoms with Crippen LogP contribution in [0.2, 0.25) is 0 Å². The standard InChI is InChI=1S/C19H23N5O/c1-12-10-14(12)19(25)21-8-4-5-9-24-11-22-16-17(24)13-6-2-3-7-15(13)23-18(16)20/h2-3,6-7,11-12,14H,4-5,8-10H2,1H3,(H2,20,23)(H,21,25)/t12-,14-/m0/s1. The van der Waals surface area contributed by atoms with Gasteiger partial charge in [0.15, 0.2) is 5.82 Å². The van der Waals surface area contributed by atoms with E-state index in [2.05, 4.69) is 32.8 Å². The molecule has 1 saturated carbocycles. The van der Waals surface area contributed by atoms with Crippen LogP contribution in [0, 0.1) is 11.8 Å². The van der Waals surface area contributed by atoms with Gasteiger partial charge in [-0.3, -0.25) is 4.79 Å². The molecule has 1 aromatic carbocycles. The van der Waals surface area contributed by atoms with Crippen molar-refractivity contribution in [3.05, 3.63) is 30.6 Å². The lowest BCUT2D eigenvalue weighted by Gasteiger charge is -2.08. The fourth-order valence-corrected chi connectivity index (χ4v) is 3.41. The molecule has 1 aliphatic rings. The third-order valence-electron chi connectivity index (χ3n) is 5.05. The first-order chi connectivity index (χ1) is 12.1. The molecule has 2 atom stereocenters. The zero-order valence-electron chi connectivity index (χ0n) is 14.4. The average molecular weight is 337 g/mol. The molecule has 0 saturated heterocycles. The average Bonchev–Trinajstić information content (AvgIpc) is 3.18. The van der Waals surface area contributed by atoms with Gasteiger partial charge >= 0.3 is 0 Å². The smallest absolute Gasteiger partial charge is 0.223 e. The van der Waals surface area contributed by atoms with Gasteiger partial charge in [0.2, 0.25) is 5.91 Å². The molecular formula is C19H23N5O. The second-order valence-electron chi connectivity index (χ2n) is 6.97. The summed E-state index contributed by atoms with van der Waals surface area (Å²) in [4.78, 5) is 20.7. The Morgan fingerprint density at radius 3 is 2.96 bits per heavy atom. The number of nitrogen functional groups attached to an aromatic ring is 1. The molecule has 130 valence electrons. The first-order valence-electron chi connectivity index (χ1n) is 8.92. The van der Waals surface area contributed by atoms with Crippen molar-refractivity contribution in [1.29, 1.82) is 0 Å². The summed E-state index contributed by atoms with van der Waals surface area (Å²) in [5, 5.41) is 4.11. The first-order valence-corrected chi connectivity index (χ1v) is 8.92. The van der Waals surface area contributed by atoms with Crippen LogP contribution in [0.1, 0.15) is 26.2 Å². The van der Waals surface area contributed by atoms with Crippen molar-refractivity contribution in [3.8, 4) is 0 Å². The third-order valence-corrected chi connectivity index (χ3v) is 5.05.